The maximum absolute atomic E-state index is 9.18. The normalized spacial score (nSPS) is 15.0. The third-order valence-electron chi connectivity index (χ3n) is 2.86. The summed E-state index contributed by atoms with van der Waals surface area (Å²) in [6.07, 6.45) is 4.05. The molecule has 0 aromatic heterocycles. The molecular weight excluding hydrogens is 206 g/mol. The van der Waals surface area contributed by atoms with Crippen LogP contribution in [0, 0.1) is 0 Å². The number of hydrogen-bond donors (Lipinski definition) is 2. The van der Waals surface area contributed by atoms with Gasteiger partial charge in [0.25, 0.3) is 0 Å². The van der Waals surface area contributed by atoms with E-state index >= 15 is 0 Å². The fourth-order valence-corrected chi connectivity index (χ4v) is 1.41. The van der Waals surface area contributed by atoms with Gasteiger partial charge < -0.3 is 19.9 Å². The van der Waals surface area contributed by atoms with Crippen molar-refractivity contribution >= 4 is 0 Å². The number of likely N-dealkylation sites (N-methyl/N-ethyl adjacent to an activating group) is 1. The van der Waals surface area contributed by atoms with Gasteiger partial charge in [0.15, 0.2) is 0 Å². The zero-order valence-corrected chi connectivity index (χ0v) is 10.9. The molecule has 0 rings (SSSR count). The first-order chi connectivity index (χ1) is 7.68. The maximum Gasteiger partial charge on any atom is 0.0610 e. The molecule has 0 saturated heterocycles. The molecular formula is C12H27NO3. The van der Waals surface area contributed by atoms with Crippen LogP contribution >= 0.6 is 0 Å². The van der Waals surface area contributed by atoms with Crippen molar-refractivity contribution in [2.75, 3.05) is 40.6 Å². The molecule has 0 bridgehead atoms. The van der Waals surface area contributed by atoms with Crippen LogP contribution in [-0.4, -0.2) is 51.2 Å². The quantitative estimate of drug-likeness (QED) is 0.526. The number of unbranched alkanes of at least 4 members (excludes halogenated alkanes) is 1. The van der Waals surface area contributed by atoms with E-state index in [1.165, 1.54) is 0 Å². The van der Waals surface area contributed by atoms with E-state index in [9.17, 15) is 5.11 Å². The van der Waals surface area contributed by atoms with Gasteiger partial charge in [0.2, 0.25) is 0 Å². The third-order valence-corrected chi connectivity index (χ3v) is 2.86. The molecule has 0 amide bonds. The number of rotatable bonds is 11. The lowest BCUT2D eigenvalue weighted by Gasteiger charge is -2.26. The molecule has 0 fully saturated rings. The van der Waals surface area contributed by atoms with Crippen LogP contribution in [-0.2, 0) is 9.47 Å². The Morgan fingerprint density at radius 1 is 1.12 bits per heavy atom. The van der Waals surface area contributed by atoms with Crippen molar-refractivity contribution < 1.29 is 14.6 Å². The van der Waals surface area contributed by atoms with Crippen LogP contribution in [0.2, 0.25) is 0 Å². The summed E-state index contributed by atoms with van der Waals surface area (Å²) < 4.78 is 10.4. The van der Waals surface area contributed by atoms with Gasteiger partial charge in [-0.3, -0.25) is 0 Å². The second-order valence-corrected chi connectivity index (χ2v) is 4.38. The minimum absolute atomic E-state index is 0.143. The number of methoxy groups -OCH3 is 1. The highest BCUT2D eigenvalue weighted by Gasteiger charge is 2.19. The minimum atomic E-state index is -0.143. The van der Waals surface area contributed by atoms with Crippen LogP contribution in [0.15, 0.2) is 0 Å². The van der Waals surface area contributed by atoms with E-state index in [0.717, 1.165) is 45.5 Å². The van der Waals surface area contributed by atoms with Gasteiger partial charge in [0.05, 0.1) is 6.61 Å². The van der Waals surface area contributed by atoms with Crippen LogP contribution in [0.1, 0.15) is 32.6 Å². The molecule has 0 saturated carbocycles. The van der Waals surface area contributed by atoms with E-state index in [1.807, 2.05) is 14.0 Å². The lowest BCUT2D eigenvalue weighted by molar-refractivity contribution is 0.0972. The molecule has 98 valence electrons. The van der Waals surface area contributed by atoms with Crippen molar-refractivity contribution in [2.24, 2.45) is 0 Å². The molecule has 0 spiro atoms. The molecule has 0 heterocycles. The minimum Gasteiger partial charge on any atom is -0.394 e. The average molecular weight is 233 g/mol. The first-order valence-electron chi connectivity index (χ1n) is 6.05. The number of hydrogen-bond acceptors (Lipinski definition) is 4. The molecule has 0 aliphatic heterocycles. The van der Waals surface area contributed by atoms with Gasteiger partial charge in [0.1, 0.15) is 0 Å². The standard InChI is InChI=1S/C12H27NO3/c1-12(11-14,13-2)7-4-5-9-16-10-6-8-15-3/h13-14H,4-11H2,1-3H3. The highest BCUT2D eigenvalue weighted by atomic mass is 16.5. The van der Waals surface area contributed by atoms with Gasteiger partial charge in [-0.05, 0) is 39.7 Å². The lowest BCUT2D eigenvalue weighted by atomic mass is 9.96. The average Bonchev–Trinajstić information content (AvgIpc) is 2.32. The molecule has 0 aliphatic carbocycles. The molecule has 0 aromatic rings. The van der Waals surface area contributed by atoms with Crippen LogP contribution in [0.4, 0.5) is 0 Å². The predicted molar refractivity (Wildman–Crippen MR) is 65.7 cm³/mol. The van der Waals surface area contributed by atoms with Gasteiger partial charge in [-0.15, -0.1) is 0 Å². The van der Waals surface area contributed by atoms with Crippen molar-refractivity contribution in [3.8, 4) is 0 Å². The van der Waals surface area contributed by atoms with Crippen LogP contribution < -0.4 is 5.32 Å². The Morgan fingerprint density at radius 2 is 1.81 bits per heavy atom. The molecule has 4 nitrogen and oxygen atoms in total. The Hall–Kier alpha value is -0.160. The van der Waals surface area contributed by atoms with Gasteiger partial charge in [0, 0.05) is 32.5 Å². The Kier molecular flexibility index (Phi) is 9.92. The monoisotopic (exact) mass is 233 g/mol. The van der Waals surface area contributed by atoms with E-state index in [0.29, 0.717) is 0 Å². The van der Waals surface area contributed by atoms with Gasteiger partial charge >= 0.3 is 0 Å². The summed E-state index contributed by atoms with van der Waals surface area (Å²) >= 11 is 0. The van der Waals surface area contributed by atoms with Crippen molar-refractivity contribution in [2.45, 2.75) is 38.1 Å². The molecule has 1 atom stereocenters. The lowest BCUT2D eigenvalue weighted by Crippen LogP contribution is -2.43. The molecule has 1 unspecified atom stereocenters. The summed E-state index contributed by atoms with van der Waals surface area (Å²) in [5.41, 5.74) is -0.143. The van der Waals surface area contributed by atoms with Crippen LogP contribution in [0.25, 0.3) is 0 Å². The van der Waals surface area contributed by atoms with Gasteiger partial charge in [-0.25, -0.2) is 0 Å². The van der Waals surface area contributed by atoms with E-state index < -0.39 is 0 Å². The first kappa shape index (κ1) is 15.8. The fraction of sp³-hybridized carbons (Fsp3) is 1.00. The largest absolute Gasteiger partial charge is 0.394 e. The van der Waals surface area contributed by atoms with Crippen LogP contribution in [0.5, 0.6) is 0 Å². The molecule has 2 N–H and O–H groups in total. The van der Waals surface area contributed by atoms with Crippen molar-refractivity contribution in [3.63, 3.8) is 0 Å². The molecule has 0 aliphatic rings. The van der Waals surface area contributed by atoms with Crippen molar-refractivity contribution in [3.05, 3.63) is 0 Å². The highest BCUT2D eigenvalue weighted by molar-refractivity contribution is 4.79. The Bertz CT molecular complexity index is 149. The number of aliphatic hydroxyl groups is 1. The van der Waals surface area contributed by atoms with E-state index in [1.54, 1.807) is 7.11 Å². The summed E-state index contributed by atoms with van der Waals surface area (Å²) in [7, 11) is 3.59. The SMILES string of the molecule is CNC(C)(CO)CCCCOCCCOC. The third kappa shape index (κ3) is 8.05. The second-order valence-electron chi connectivity index (χ2n) is 4.38. The molecule has 0 aromatic carbocycles. The first-order valence-corrected chi connectivity index (χ1v) is 6.05. The summed E-state index contributed by atoms with van der Waals surface area (Å²) in [5, 5.41) is 12.3. The molecule has 4 heteroatoms. The van der Waals surface area contributed by atoms with Gasteiger partial charge in [-0.1, -0.05) is 0 Å². The Balaban J connectivity index is 3.26. The van der Waals surface area contributed by atoms with E-state index in [2.05, 4.69) is 5.32 Å². The zero-order valence-electron chi connectivity index (χ0n) is 10.9. The predicted octanol–water partition coefficient (Wildman–Crippen LogP) is 1.18. The Morgan fingerprint density at radius 3 is 2.38 bits per heavy atom. The number of nitrogens with one attached hydrogen (secondary N) is 1. The second kappa shape index (κ2) is 10.0. The number of ether oxygens (including phenoxy) is 2. The fourth-order valence-electron chi connectivity index (χ4n) is 1.41. The Labute approximate surface area is 99.3 Å². The van der Waals surface area contributed by atoms with Crippen molar-refractivity contribution in [1.82, 2.24) is 5.32 Å². The van der Waals surface area contributed by atoms with Crippen LogP contribution in [0.3, 0.4) is 0 Å². The van der Waals surface area contributed by atoms with E-state index in [4.69, 9.17) is 9.47 Å². The summed E-state index contributed by atoms with van der Waals surface area (Å²) in [6.45, 7) is 4.55. The highest BCUT2D eigenvalue weighted by Crippen LogP contribution is 2.12. The number of aliphatic hydroxyl groups excluding tert-OH is 1. The van der Waals surface area contributed by atoms with Crippen molar-refractivity contribution in [1.29, 1.82) is 0 Å². The summed E-state index contributed by atoms with van der Waals surface area (Å²) in [6, 6.07) is 0. The van der Waals surface area contributed by atoms with Gasteiger partial charge in [-0.2, -0.15) is 0 Å². The summed E-state index contributed by atoms with van der Waals surface area (Å²) in [5.74, 6) is 0. The smallest absolute Gasteiger partial charge is 0.0610 e. The summed E-state index contributed by atoms with van der Waals surface area (Å²) in [4.78, 5) is 0. The van der Waals surface area contributed by atoms with E-state index in [-0.39, 0.29) is 12.1 Å². The zero-order chi connectivity index (χ0) is 12.3. The molecule has 0 radical (unpaired) electrons. The molecule has 16 heavy (non-hydrogen) atoms. The maximum atomic E-state index is 9.18. The topological polar surface area (TPSA) is 50.7 Å².